The average Bonchev–Trinajstić information content (AvgIpc) is 3.71. The summed E-state index contributed by atoms with van der Waals surface area (Å²) in [6.07, 6.45) is 5.73. The average molecular weight is 473 g/mol. The van der Waals surface area contributed by atoms with Gasteiger partial charge in [-0.05, 0) is 54.5 Å². The molecule has 1 aliphatic carbocycles. The standard InChI is InChI=1S/C27H32N6O2/c28-21-5-9-32(10-6-21)26-23-16-19(15-22(25(29)34)24(23)30-17-31-26)18-1-3-20(4-2-18)27(7-8-27)33-11-13-35-14-12-33/h1-4,15-17,21H,5-14,28H2,(H2,29,34). The third-order valence-corrected chi connectivity index (χ3v) is 7.92. The van der Waals surface area contributed by atoms with Crippen molar-refractivity contribution in [1.82, 2.24) is 14.9 Å². The Morgan fingerprint density at radius 3 is 2.34 bits per heavy atom. The van der Waals surface area contributed by atoms with Crippen molar-refractivity contribution in [3.63, 3.8) is 0 Å². The lowest BCUT2D eigenvalue weighted by Crippen LogP contribution is -2.43. The van der Waals surface area contributed by atoms with E-state index in [0.29, 0.717) is 11.1 Å². The highest BCUT2D eigenvalue weighted by Gasteiger charge is 2.49. The molecular weight excluding hydrogens is 440 g/mol. The first-order valence-electron chi connectivity index (χ1n) is 12.6. The summed E-state index contributed by atoms with van der Waals surface area (Å²) in [5, 5.41) is 0.852. The van der Waals surface area contributed by atoms with Crippen LogP contribution >= 0.6 is 0 Å². The molecule has 2 aliphatic heterocycles. The summed E-state index contributed by atoms with van der Waals surface area (Å²) >= 11 is 0. The maximum absolute atomic E-state index is 12.4. The molecule has 1 aromatic heterocycles. The minimum atomic E-state index is -0.483. The summed E-state index contributed by atoms with van der Waals surface area (Å²) in [6.45, 7) is 5.25. The Morgan fingerprint density at radius 2 is 1.69 bits per heavy atom. The van der Waals surface area contributed by atoms with Crippen LogP contribution in [0.25, 0.3) is 22.0 Å². The molecule has 2 saturated heterocycles. The van der Waals surface area contributed by atoms with Crippen LogP contribution in [-0.4, -0.2) is 66.2 Å². The van der Waals surface area contributed by atoms with Crippen molar-refractivity contribution >= 4 is 22.6 Å². The van der Waals surface area contributed by atoms with Crippen LogP contribution in [0.1, 0.15) is 41.6 Å². The van der Waals surface area contributed by atoms with E-state index < -0.39 is 5.91 Å². The summed E-state index contributed by atoms with van der Waals surface area (Å²) in [6, 6.07) is 13.0. The number of aromatic nitrogens is 2. The first kappa shape index (κ1) is 22.4. The van der Waals surface area contributed by atoms with Gasteiger partial charge in [0.15, 0.2) is 0 Å². The van der Waals surface area contributed by atoms with Gasteiger partial charge in [-0.2, -0.15) is 0 Å². The Labute approximate surface area is 205 Å². The molecule has 1 saturated carbocycles. The zero-order valence-corrected chi connectivity index (χ0v) is 19.9. The molecule has 0 spiro atoms. The van der Waals surface area contributed by atoms with Crippen molar-refractivity contribution in [2.45, 2.75) is 37.3 Å². The maximum Gasteiger partial charge on any atom is 0.250 e. The van der Waals surface area contributed by atoms with Gasteiger partial charge in [-0.3, -0.25) is 9.69 Å². The van der Waals surface area contributed by atoms with Crippen molar-refractivity contribution < 1.29 is 9.53 Å². The molecule has 35 heavy (non-hydrogen) atoms. The number of nitrogens with zero attached hydrogens (tertiary/aromatic N) is 4. The molecule has 3 aliphatic rings. The molecule has 0 bridgehead atoms. The number of rotatable bonds is 5. The Bertz CT molecular complexity index is 1240. The Kier molecular flexibility index (Phi) is 5.67. The van der Waals surface area contributed by atoms with Gasteiger partial charge in [0.25, 0.3) is 5.91 Å². The van der Waals surface area contributed by atoms with Crippen LogP contribution in [-0.2, 0) is 10.3 Å². The number of nitrogens with two attached hydrogens (primary N) is 2. The third-order valence-electron chi connectivity index (χ3n) is 7.92. The van der Waals surface area contributed by atoms with E-state index in [4.69, 9.17) is 16.2 Å². The first-order chi connectivity index (χ1) is 17.0. The molecule has 2 aromatic carbocycles. The van der Waals surface area contributed by atoms with Crippen LogP contribution in [0, 0.1) is 0 Å². The van der Waals surface area contributed by atoms with Crippen LogP contribution in [0.15, 0.2) is 42.7 Å². The first-order valence-corrected chi connectivity index (χ1v) is 12.6. The van der Waals surface area contributed by atoms with Gasteiger partial charge in [-0.15, -0.1) is 0 Å². The molecule has 0 atom stereocenters. The number of benzene rings is 2. The summed E-state index contributed by atoms with van der Waals surface area (Å²) in [4.78, 5) is 26.3. The van der Waals surface area contributed by atoms with Crippen molar-refractivity contribution in [2.24, 2.45) is 11.5 Å². The topological polar surface area (TPSA) is 111 Å². The van der Waals surface area contributed by atoms with E-state index >= 15 is 0 Å². The SMILES string of the molecule is NC(=O)c1cc(-c2ccc(C3(N4CCOCC4)CC3)cc2)cc2c(N3CCC(N)CC3)ncnc12. The van der Waals surface area contributed by atoms with Gasteiger partial charge in [-0.1, -0.05) is 24.3 Å². The number of piperidine rings is 1. The molecule has 3 fully saturated rings. The Hall–Kier alpha value is -3.07. The monoisotopic (exact) mass is 472 g/mol. The van der Waals surface area contributed by atoms with Gasteiger partial charge in [0.2, 0.25) is 0 Å². The second-order valence-corrected chi connectivity index (χ2v) is 10.0. The predicted molar refractivity (Wildman–Crippen MR) is 136 cm³/mol. The largest absolute Gasteiger partial charge is 0.379 e. The molecular formula is C27H32N6O2. The molecule has 8 nitrogen and oxygen atoms in total. The fourth-order valence-corrected chi connectivity index (χ4v) is 5.74. The second-order valence-electron chi connectivity index (χ2n) is 10.0. The number of primary amides is 1. The number of ether oxygens (including phenoxy) is 1. The van der Waals surface area contributed by atoms with Crippen LogP contribution in [0.2, 0.25) is 0 Å². The molecule has 6 rings (SSSR count). The van der Waals surface area contributed by atoms with Gasteiger partial charge in [0.1, 0.15) is 12.1 Å². The number of hydrogen-bond donors (Lipinski definition) is 2. The van der Waals surface area contributed by atoms with E-state index in [0.717, 1.165) is 74.6 Å². The molecule has 182 valence electrons. The minimum absolute atomic E-state index is 0.153. The van der Waals surface area contributed by atoms with E-state index in [2.05, 4.69) is 50.1 Å². The molecule has 1 amide bonds. The van der Waals surface area contributed by atoms with Gasteiger partial charge >= 0.3 is 0 Å². The highest BCUT2D eigenvalue weighted by molar-refractivity contribution is 6.09. The number of hydrogen-bond acceptors (Lipinski definition) is 7. The molecule has 3 aromatic rings. The van der Waals surface area contributed by atoms with Crippen molar-refractivity contribution in [3.05, 3.63) is 53.9 Å². The normalized spacial score (nSPS) is 20.8. The molecule has 8 heteroatoms. The smallest absolute Gasteiger partial charge is 0.250 e. The fraction of sp³-hybridized carbons (Fsp3) is 0.444. The lowest BCUT2D eigenvalue weighted by atomic mass is 9.95. The zero-order chi connectivity index (χ0) is 24.0. The van der Waals surface area contributed by atoms with Gasteiger partial charge in [0.05, 0.1) is 24.3 Å². The van der Waals surface area contributed by atoms with Gasteiger partial charge in [0, 0.05) is 43.1 Å². The highest BCUT2D eigenvalue weighted by atomic mass is 16.5. The van der Waals surface area contributed by atoms with Crippen LogP contribution in [0.5, 0.6) is 0 Å². The van der Waals surface area contributed by atoms with Crippen LogP contribution in [0.3, 0.4) is 0 Å². The van der Waals surface area contributed by atoms with E-state index in [1.54, 1.807) is 0 Å². The second kappa shape index (κ2) is 8.86. The maximum atomic E-state index is 12.4. The van der Waals surface area contributed by atoms with Crippen LogP contribution in [0.4, 0.5) is 5.82 Å². The summed E-state index contributed by atoms with van der Waals surface area (Å²) in [5.41, 5.74) is 16.4. The number of carbonyl (C=O) groups excluding carboxylic acids is 1. The molecule has 0 radical (unpaired) electrons. The Balaban J connectivity index is 1.38. The van der Waals surface area contributed by atoms with E-state index in [1.807, 2.05) is 6.07 Å². The van der Waals surface area contributed by atoms with E-state index in [9.17, 15) is 4.79 Å². The zero-order valence-electron chi connectivity index (χ0n) is 19.9. The van der Waals surface area contributed by atoms with E-state index in [-0.39, 0.29) is 11.6 Å². The molecule has 4 N–H and O–H groups in total. The van der Waals surface area contributed by atoms with Crippen molar-refractivity contribution in [3.8, 4) is 11.1 Å². The minimum Gasteiger partial charge on any atom is -0.379 e. The summed E-state index contributed by atoms with van der Waals surface area (Å²) < 4.78 is 5.56. The lowest BCUT2D eigenvalue weighted by molar-refractivity contribution is 0.00835. The lowest BCUT2D eigenvalue weighted by Gasteiger charge is -2.35. The summed E-state index contributed by atoms with van der Waals surface area (Å²) in [7, 11) is 0. The molecule has 0 unspecified atom stereocenters. The number of amides is 1. The number of morpholine rings is 1. The van der Waals surface area contributed by atoms with Crippen LogP contribution < -0.4 is 16.4 Å². The molecule has 3 heterocycles. The van der Waals surface area contributed by atoms with Gasteiger partial charge in [-0.25, -0.2) is 9.97 Å². The van der Waals surface area contributed by atoms with Crippen molar-refractivity contribution in [1.29, 1.82) is 0 Å². The highest BCUT2D eigenvalue weighted by Crippen LogP contribution is 2.51. The fourth-order valence-electron chi connectivity index (χ4n) is 5.74. The van der Waals surface area contributed by atoms with E-state index in [1.165, 1.54) is 24.7 Å². The number of anilines is 1. The quantitative estimate of drug-likeness (QED) is 0.587. The summed E-state index contributed by atoms with van der Waals surface area (Å²) in [5.74, 6) is 0.357. The van der Waals surface area contributed by atoms with Gasteiger partial charge < -0.3 is 21.1 Å². The Morgan fingerprint density at radius 1 is 0.971 bits per heavy atom. The van der Waals surface area contributed by atoms with Crippen molar-refractivity contribution in [2.75, 3.05) is 44.3 Å². The third kappa shape index (κ3) is 4.05. The predicted octanol–water partition coefficient (Wildman–Crippen LogP) is 2.64. The number of fused-ring (bicyclic) bond motifs is 1. The number of carbonyl (C=O) groups is 1.